The molecule has 0 saturated heterocycles. The molecule has 1 aliphatic carbocycles. The van der Waals surface area contributed by atoms with Crippen molar-refractivity contribution >= 4 is 23.4 Å². The van der Waals surface area contributed by atoms with Crippen LogP contribution < -0.4 is 15.5 Å². The average molecular weight is 329 g/mol. The van der Waals surface area contributed by atoms with Gasteiger partial charge in [-0.2, -0.15) is 0 Å². The zero-order valence-corrected chi connectivity index (χ0v) is 14.3. The van der Waals surface area contributed by atoms with Crippen LogP contribution in [0.1, 0.15) is 44.0 Å². The van der Waals surface area contributed by atoms with Gasteiger partial charge in [-0.25, -0.2) is 0 Å². The van der Waals surface area contributed by atoms with Gasteiger partial charge in [0.15, 0.2) is 0 Å². The molecule has 1 atom stereocenters. The van der Waals surface area contributed by atoms with Gasteiger partial charge in [0.2, 0.25) is 11.8 Å². The maximum absolute atomic E-state index is 12.9. The number of rotatable bonds is 2. The van der Waals surface area contributed by atoms with E-state index < -0.39 is 11.6 Å². The maximum Gasteiger partial charge on any atom is 0.253 e. The maximum atomic E-state index is 12.9. The first-order chi connectivity index (χ1) is 11.3. The molecule has 0 bridgehead atoms. The summed E-state index contributed by atoms with van der Waals surface area (Å²) in [5.74, 6) is -0.636. The van der Waals surface area contributed by atoms with Crippen LogP contribution in [0.3, 0.4) is 0 Å². The Hall–Kier alpha value is -2.37. The number of nitrogens with zero attached hydrogens (tertiary/aromatic N) is 1. The molecule has 6 heteroatoms. The lowest BCUT2D eigenvalue weighted by atomic mass is 10.1. The molecule has 128 valence electrons. The molecule has 0 spiro atoms. The monoisotopic (exact) mass is 329 g/mol. The Balaban J connectivity index is 2.02. The van der Waals surface area contributed by atoms with Crippen molar-refractivity contribution in [3.63, 3.8) is 0 Å². The van der Waals surface area contributed by atoms with Crippen LogP contribution in [-0.4, -0.2) is 35.8 Å². The second-order valence-corrected chi connectivity index (χ2v) is 7.46. The van der Waals surface area contributed by atoms with E-state index in [4.69, 9.17) is 0 Å². The van der Waals surface area contributed by atoms with Crippen LogP contribution in [0.15, 0.2) is 24.3 Å². The summed E-state index contributed by atoms with van der Waals surface area (Å²) in [6.07, 6.45) is 1.68. The third-order valence-electron chi connectivity index (χ3n) is 4.14. The fourth-order valence-corrected chi connectivity index (χ4v) is 2.88. The molecule has 2 aliphatic rings. The van der Waals surface area contributed by atoms with Gasteiger partial charge in [-0.3, -0.25) is 19.3 Å². The number of hydrogen-bond acceptors (Lipinski definition) is 3. The lowest BCUT2D eigenvalue weighted by Gasteiger charge is -2.32. The van der Waals surface area contributed by atoms with Gasteiger partial charge in [0, 0.05) is 18.0 Å². The number of amides is 3. The number of nitrogens with one attached hydrogen (secondary N) is 2. The number of para-hydroxylation sites is 1. The SMILES string of the molecule is CC(C)(C)NC(=O)C1CNC(=O)c2ccccc2N1C(=O)C1CC1. The molecule has 1 aromatic carbocycles. The Morgan fingerprint density at radius 3 is 2.50 bits per heavy atom. The molecule has 1 aromatic rings. The largest absolute Gasteiger partial charge is 0.350 e. The van der Waals surface area contributed by atoms with Crippen LogP contribution in [0, 0.1) is 5.92 Å². The summed E-state index contributed by atoms with van der Waals surface area (Å²) in [5.41, 5.74) is 0.525. The first-order valence-electron chi connectivity index (χ1n) is 8.30. The van der Waals surface area contributed by atoms with Gasteiger partial charge < -0.3 is 10.6 Å². The van der Waals surface area contributed by atoms with Gasteiger partial charge in [-0.15, -0.1) is 0 Å². The number of anilines is 1. The van der Waals surface area contributed by atoms with E-state index in [9.17, 15) is 14.4 Å². The van der Waals surface area contributed by atoms with Crippen LogP contribution in [0.4, 0.5) is 5.69 Å². The van der Waals surface area contributed by atoms with Crippen LogP contribution in [0.25, 0.3) is 0 Å². The Labute approximate surface area is 141 Å². The van der Waals surface area contributed by atoms with E-state index in [1.54, 1.807) is 24.3 Å². The zero-order valence-electron chi connectivity index (χ0n) is 14.3. The van der Waals surface area contributed by atoms with E-state index in [0.717, 1.165) is 12.8 Å². The number of carbonyl (C=O) groups excluding carboxylic acids is 3. The summed E-state index contributed by atoms with van der Waals surface area (Å²) < 4.78 is 0. The average Bonchev–Trinajstić information content (AvgIpc) is 3.33. The van der Waals surface area contributed by atoms with Crippen LogP contribution in [0.5, 0.6) is 0 Å². The number of hydrogen-bond donors (Lipinski definition) is 2. The molecule has 1 unspecified atom stereocenters. The molecule has 0 radical (unpaired) electrons. The predicted molar refractivity (Wildman–Crippen MR) is 90.7 cm³/mol. The Kier molecular flexibility index (Phi) is 4.07. The highest BCUT2D eigenvalue weighted by Gasteiger charge is 2.42. The number of carbonyl (C=O) groups is 3. The Bertz CT molecular complexity index is 689. The standard InChI is InChI=1S/C18H23N3O3/c1-18(2,3)20-16(23)14-10-19-15(22)12-6-4-5-7-13(12)21(14)17(24)11-8-9-11/h4-7,11,14H,8-10H2,1-3H3,(H,19,22)(H,20,23). The van der Waals surface area contributed by atoms with Crippen molar-refractivity contribution in [1.82, 2.24) is 10.6 Å². The second-order valence-electron chi connectivity index (χ2n) is 7.46. The minimum absolute atomic E-state index is 0.0452. The predicted octanol–water partition coefficient (Wildman–Crippen LogP) is 1.46. The van der Waals surface area contributed by atoms with Crippen molar-refractivity contribution in [3.8, 4) is 0 Å². The molecule has 3 amide bonds. The van der Waals surface area contributed by atoms with E-state index in [1.165, 1.54) is 4.90 Å². The fraction of sp³-hybridized carbons (Fsp3) is 0.500. The fourth-order valence-electron chi connectivity index (χ4n) is 2.88. The molecule has 2 N–H and O–H groups in total. The molecule has 0 aromatic heterocycles. The van der Waals surface area contributed by atoms with Crippen molar-refractivity contribution < 1.29 is 14.4 Å². The minimum atomic E-state index is -0.745. The highest BCUT2D eigenvalue weighted by atomic mass is 16.2. The molecule has 1 aliphatic heterocycles. The molecule has 6 nitrogen and oxygen atoms in total. The van der Waals surface area contributed by atoms with Gasteiger partial charge >= 0.3 is 0 Å². The van der Waals surface area contributed by atoms with Crippen LogP contribution >= 0.6 is 0 Å². The third kappa shape index (κ3) is 3.27. The first kappa shape index (κ1) is 16.5. The lowest BCUT2D eigenvalue weighted by Crippen LogP contribution is -2.57. The van der Waals surface area contributed by atoms with Crippen molar-refractivity contribution in [2.75, 3.05) is 11.4 Å². The lowest BCUT2D eigenvalue weighted by molar-refractivity contribution is -0.127. The van der Waals surface area contributed by atoms with E-state index in [-0.39, 0.29) is 30.2 Å². The topological polar surface area (TPSA) is 78.5 Å². The van der Waals surface area contributed by atoms with Crippen molar-refractivity contribution in [3.05, 3.63) is 29.8 Å². The van der Waals surface area contributed by atoms with Crippen LogP contribution in [0.2, 0.25) is 0 Å². The highest BCUT2D eigenvalue weighted by molar-refractivity contribution is 6.10. The van der Waals surface area contributed by atoms with E-state index in [2.05, 4.69) is 10.6 Å². The quantitative estimate of drug-likeness (QED) is 0.862. The molecular formula is C18H23N3O3. The summed E-state index contributed by atoms with van der Waals surface area (Å²) in [6, 6.07) is 6.21. The van der Waals surface area contributed by atoms with Gasteiger partial charge in [0.25, 0.3) is 5.91 Å². The molecule has 1 heterocycles. The van der Waals surface area contributed by atoms with E-state index in [0.29, 0.717) is 11.3 Å². The molecule has 1 fully saturated rings. The first-order valence-corrected chi connectivity index (χ1v) is 8.30. The highest BCUT2D eigenvalue weighted by Crippen LogP contribution is 2.35. The van der Waals surface area contributed by atoms with Crippen molar-refractivity contribution in [2.24, 2.45) is 5.92 Å². The van der Waals surface area contributed by atoms with E-state index >= 15 is 0 Å². The summed E-state index contributed by atoms with van der Waals surface area (Å²) >= 11 is 0. The zero-order chi connectivity index (χ0) is 17.5. The second kappa shape index (κ2) is 5.92. The Morgan fingerprint density at radius 2 is 1.88 bits per heavy atom. The summed E-state index contributed by atoms with van der Waals surface area (Å²) in [6.45, 7) is 5.78. The van der Waals surface area contributed by atoms with Crippen molar-refractivity contribution in [2.45, 2.75) is 45.2 Å². The van der Waals surface area contributed by atoms with Gasteiger partial charge in [0.05, 0.1) is 11.3 Å². The van der Waals surface area contributed by atoms with Gasteiger partial charge in [0.1, 0.15) is 6.04 Å². The summed E-state index contributed by atoms with van der Waals surface area (Å²) in [7, 11) is 0. The summed E-state index contributed by atoms with van der Waals surface area (Å²) in [5, 5.41) is 5.69. The number of benzene rings is 1. The molecule has 3 rings (SSSR count). The van der Waals surface area contributed by atoms with Gasteiger partial charge in [-0.1, -0.05) is 12.1 Å². The molecule has 1 saturated carbocycles. The van der Waals surface area contributed by atoms with Crippen molar-refractivity contribution in [1.29, 1.82) is 0 Å². The minimum Gasteiger partial charge on any atom is -0.350 e. The molecular weight excluding hydrogens is 306 g/mol. The third-order valence-corrected chi connectivity index (χ3v) is 4.14. The van der Waals surface area contributed by atoms with Gasteiger partial charge in [-0.05, 0) is 45.7 Å². The summed E-state index contributed by atoms with van der Waals surface area (Å²) in [4.78, 5) is 39.5. The smallest absolute Gasteiger partial charge is 0.253 e. The molecule has 24 heavy (non-hydrogen) atoms. The Morgan fingerprint density at radius 1 is 1.21 bits per heavy atom. The number of fused-ring (bicyclic) bond motifs is 1. The van der Waals surface area contributed by atoms with Crippen LogP contribution in [-0.2, 0) is 9.59 Å². The normalized spacial score (nSPS) is 20.7. The van der Waals surface area contributed by atoms with E-state index in [1.807, 2.05) is 20.8 Å².